The third kappa shape index (κ3) is 1.27. The fraction of sp³-hybridized carbons (Fsp3) is 1.00. The van der Waals surface area contributed by atoms with Crippen LogP contribution in [0.3, 0.4) is 0 Å². The van der Waals surface area contributed by atoms with E-state index in [4.69, 9.17) is 10.5 Å². The second-order valence-corrected chi connectivity index (χ2v) is 4.45. The standard InChI is InChI=1S/C10H19NO/c1-10(8-3-2-4-8)6-5-9(7-11)12-10/h8-9H,2-7,11H2,1H3. The smallest absolute Gasteiger partial charge is 0.0705 e. The van der Waals surface area contributed by atoms with Gasteiger partial charge in [0.2, 0.25) is 0 Å². The second-order valence-electron chi connectivity index (χ2n) is 4.45. The summed E-state index contributed by atoms with van der Waals surface area (Å²) in [7, 11) is 0. The van der Waals surface area contributed by atoms with Gasteiger partial charge in [0.15, 0.2) is 0 Å². The Kier molecular flexibility index (Phi) is 2.13. The summed E-state index contributed by atoms with van der Waals surface area (Å²) in [6, 6.07) is 0. The van der Waals surface area contributed by atoms with Crippen molar-refractivity contribution in [1.82, 2.24) is 0 Å². The monoisotopic (exact) mass is 169 g/mol. The van der Waals surface area contributed by atoms with Crippen LogP contribution in [-0.2, 0) is 4.74 Å². The van der Waals surface area contributed by atoms with Crippen LogP contribution in [0.5, 0.6) is 0 Å². The lowest BCUT2D eigenvalue weighted by Gasteiger charge is -2.40. The maximum Gasteiger partial charge on any atom is 0.0705 e. The summed E-state index contributed by atoms with van der Waals surface area (Å²) in [5, 5.41) is 0. The van der Waals surface area contributed by atoms with Crippen molar-refractivity contribution < 1.29 is 4.74 Å². The Morgan fingerprint density at radius 2 is 2.17 bits per heavy atom. The van der Waals surface area contributed by atoms with Gasteiger partial charge in [0.1, 0.15) is 0 Å². The number of hydrogen-bond acceptors (Lipinski definition) is 2. The van der Waals surface area contributed by atoms with Gasteiger partial charge in [-0.1, -0.05) is 6.42 Å². The van der Waals surface area contributed by atoms with Crippen molar-refractivity contribution >= 4 is 0 Å². The highest BCUT2D eigenvalue weighted by Gasteiger charge is 2.44. The third-order valence-corrected chi connectivity index (χ3v) is 3.63. The fourth-order valence-corrected chi connectivity index (χ4v) is 2.43. The Morgan fingerprint density at radius 3 is 2.58 bits per heavy atom. The van der Waals surface area contributed by atoms with Gasteiger partial charge in [0, 0.05) is 6.54 Å². The van der Waals surface area contributed by atoms with E-state index in [1.807, 2.05) is 0 Å². The number of hydrogen-bond donors (Lipinski definition) is 1. The highest BCUT2D eigenvalue weighted by atomic mass is 16.5. The first-order valence-corrected chi connectivity index (χ1v) is 5.12. The molecule has 1 saturated heterocycles. The number of rotatable bonds is 2. The van der Waals surface area contributed by atoms with E-state index < -0.39 is 0 Å². The predicted molar refractivity (Wildman–Crippen MR) is 48.9 cm³/mol. The molecule has 1 aliphatic carbocycles. The molecule has 0 spiro atoms. The average molecular weight is 169 g/mol. The molecule has 0 aromatic rings. The van der Waals surface area contributed by atoms with Gasteiger partial charge >= 0.3 is 0 Å². The van der Waals surface area contributed by atoms with Crippen molar-refractivity contribution in [2.24, 2.45) is 11.7 Å². The topological polar surface area (TPSA) is 35.2 Å². The summed E-state index contributed by atoms with van der Waals surface area (Å²) < 4.78 is 5.98. The minimum atomic E-state index is 0.183. The quantitative estimate of drug-likeness (QED) is 0.682. The van der Waals surface area contributed by atoms with Crippen LogP contribution in [0.2, 0.25) is 0 Å². The van der Waals surface area contributed by atoms with E-state index >= 15 is 0 Å². The lowest BCUT2D eigenvalue weighted by atomic mass is 9.72. The molecule has 12 heavy (non-hydrogen) atoms. The first-order valence-electron chi connectivity index (χ1n) is 5.12. The van der Waals surface area contributed by atoms with Crippen LogP contribution in [-0.4, -0.2) is 18.2 Å². The summed E-state index contributed by atoms with van der Waals surface area (Å²) >= 11 is 0. The van der Waals surface area contributed by atoms with E-state index in [1.165, 1.54) is 32.1 Å². The Morgan fingerprint density at radius 1 is 1.42 bits per heavy atom. The van der Waals surface area contributed by atoms with Crippen molar-refractivity contribution in [1.29, 1.82) is 0 Å². The maximum absolute atomic E-state index is 5.98. The molecule has 2 atom stereocenters. The van der Waals surface area contributed by atoms with Gasteiger partial charge in [-0.15, -0.1) is 0 Å². The number of ether oxygens (including phenoxy) is 1. The van der Waals surface area contributed by atoms with Gasteiger partial charge in [0.25, 0.3) is 0 Å². The van der Waals surface area contributed by atoms with E-state index in [-0.39, 0.29) is 5.60 Å². The molecule has 2 aliphatic rings. The zero-order chi connectivity index (χ0) is 8.60. The van der Waals surface area contributed by atoms with Crippen LogP contribution in [0.15, 0.2) is 0 Å². The minimum absolute atomic E-state index is 0.183. The molecule has 2 fully saturated rings. The molecule has 2 unspecified atom stereocenters. The Balaban J connectivity index is 1.94. The molecular weight excluding hydrogens is 150 g/mol. The zero-order valence-corrected chi connectivity index (χ0v) is 7.88. The summed E-state index contributed by atoms with van der Waals surface area (Å²) in [6.07, 6.45) is 6.87. The summed E-state index contributed by atoms with van der Waals surface area (Å²) in [5.74, 6) is 0.828. The molecule has 2 rings (SSSR count). The lowest BCUT2D eigenvalue weighted by molar-refractivity contribution is -0.0854. The van der Waals surface area contributed by atoms with E-state index in [9.17, 15) is 0 Å². The minimum Gasteiger partial charge on any atom is -0.370 e. The van der Waals surface area contributed by atoms with Gasteiger partial charge < -0.3 is 10.5 Å². The van der Waals surface area contributed by atoms with Crippen molar-refractivity contribution in [3.8, 4) is 0 Å². The lowest BCUT2D eigenvalue weighted by Crippen LogP contribution is -2.39. The second kappa shape index (κ2) is 3.00. The van der Waals surface area contributed by atoms with Gasteiger partial charge in [-0.25, -0.2) is 0 Å². The van der Waals surface area contributed by atoms with Crippen LogP contribution in [0.1, 0.15) is 39.0 Å². The molecule has 0 aromatic heterocycles. The van der Waals surface area contributed by atoms with Crippen molar-refractivity contribution in [2.75, 3.05) is 6.54 Å². The molecule has 0 amide bonds. The first-order chi connectivity index (χ1) is 5.74. The Labute approximate surface area is 74.5 Å². The Hall–Kier alpha value is -0.0800. The van der Waals surface area contributed by atoms with Gasteiger partial charge in [-0.2, -0.15) is 0 Å². The van der Waals surface area contributed by atoms with E-state index in [0.717, 1.165) is 5.92 Å². The number of nitrogens with two attached hydrogens (primary N) is 1. The van der Waals surface area contributed by atoms with Crippen LogP contribution in [0, 0.1) is 5.92 Å². The fourth-order valence-electron chi connectivity index (χ4n) is 2.43. The zero-order valence-electron chi connectivity index (χ0n) is 7.88. The van der Waals surface area contributed by atoms with Crippen molar-refractivity contribution in [2.45, 2.75) is 50.7 Å². The van der Waals surface area contributed by atoms with Gasteiger partial charge in [-0.05, 0) is 38.5 Å². The molecule has 0 bridgehead atoms. The highest BCUT2D eigenvalue weighted by Crippen LogP contribution is 2.45. The molecule has 0 aromatic carbocycles. The van der Waals surface area contributed by atoms with E-state index in [2.05, 4.69) is 6.92 Å². The normalized spacial score (nSPS) is 43.0. The first kappa shape index (κ1) is 8.52. The van der Waals surface area contributed by atoms with E-state index in [0.29, 0.717) is 12.6 Å². The summed E-state index contributed by atoms with van der Waals surface area (Å²) in [4.78, 5) is 0. The van der Waals surface area contributed by atoms with Gasteiger partial charge in [-0.3, -0.25) is 0 Å². The molecule has 2 N–H and O–H groups in total. The van der Waals surface area contributed by atoms with Crippen LogP contribution in [0.4, 0.5) is 0 Å². The molecule has 2 nitrogen and oxygen atoms in total. The largest absolute Gasteiger partial charge is 0.370 e. The van der Waals surface area contributed by atoms with Crippen molar-refractivity contribution in [3.63, 3.8) is 0 Å². The molecule has 70 valence electrons. The van der Waals surface area contributed by atoms with Crippen molar-refractivity contribution in [3.05, 3.63) is 0 Å². The van der Waals surface area contributed by atoms with Crippen LogP contribution < -0.4 is 5.73 Å². The molecule has 1 aliphatic heterocycles. The van der Waals surface area contributed by atoms with Crippen LogP contribution >= 0.6 is 0 Å². The molecule has 0 radical (unpaired) electrons. The van der Waals surface area contributed by atoms with Gasteiger partial charge in [0.05, 0.1) is 11.7 Å². The summed E-state index contributed by atoms with van der Waals surface area (Å²) in [6.45, 7) is 2.97. The van der Waals surface area contributed by atoms with E-state index in [1.54, 1.807) is 0 Å². The molecule has 2 heteroatoms. The molecular formula is C10H19NO. The predicted octanol–water partition coefficient (Wildman–Crippen LogP) is 1.68. The molecule has 1 heterocycles. The highest BCUT2D eigenvalue weighted by molar-refractivity contribution is 4.94. The SMILES string of the molecule is CC1(C2CCC2)CCC(CN)O1. The van der Waals surface area contributed by atoms with Crippen LogP contribution in [0.25, 0.3) is 0 Å². The molecule has 1 saturated carbocycles. The maximum atomic E-state index is 5.98. The average Bonchev–Trinajstić information content (AvgIpc) is 2.28. The summed E-state index contributed by atoms with van der Waals surface area (Å²) in [5.41, 5.74) is 5.77. The Bertz CT molecular complexity index is 167. The third-order valence-electron chi connectivity index (χ3n) is 3.63.